The number of nitrogens with one attached hydrogen (secondary N) is 2. The van der Waals surface area contributed by atoms with E-state index in [1.54, 1.807) is 30.5 Å². The summed E-state index contributed by atoms with van der Waals surface area (Å²) in [6.07, 6.45) is 5.64. The Labute approximate surface area is 270 Å². The van der Waals surface area contributed by atoms with Crippen molar-refractivity contribution in [3.05, 3.63) is 115 Å². The average molecular weight is 665 g/mol. The van der Waals surface area contributed by atoms with Crippen LogP contribution in [0.5, 0.6) is 5.75 Å². The second-order valence-electron chi connectivity index (χ2n) is 11.1. The number of aromatic nitrogens is 4. The van der Waals surface area contributed by atoms with Crippen LogP contribution >= 0.6 is 11.6 Å². The van der Waals surface area contributed by atoms with E-state index in [2.05, 4.69) is 20.6 Å². The number of ether oxygens (including phenoxy) is 1. The minimum atomic E-state index is -1.40. The molecule has 0 radical (unpaired) electrons. The molecule has 242 valence electrons. The Morgan fingerprint density at radius 3 is 2.53 bits per heavy atom. The molecule has 1 amide bonds. The lowest BCUT2D eigenvalue weighted by molar-refractivity contribution is -0.121. The van der Waals surface area contributed by atoms with E-state index in [-0.39, 0.29) is 34.7 Å². The highest BCUT2D eigenvalue weighted by Crippen LogP contribution is 2.34. The topological polar surface area (TPSA) is 120 Å². The Morgan fingerprint density at radius 1 is 0.936 bits per heavy atom. The average Bonchev–Trinajstić information content (AvgIpc) is 3.04. The number of carbonyl (C=O) groups excluding carboxylic acids is 1. The lowest BCUT2D eigenvalue weighted by atomic mass is 10.0. The third-order valence-corrected chi connectivity index (χ3v) is 8.32. The standard InChI is InChI=1S/C33H28ClF3N6O4/c1-47-22-10-18-6-3-2-4-9-28(44)39-15-20-8-5-7-19-14-38-16-27(29(19)20)43-32(45)41-31(40-30(18)23(34)12-22)42(33(43)46)17-21-11-25(36)26(37)13-24(21)35/h5,7-8,10-14,16H,2-4,6,9,15,17H2,1H3,(H,39,44)(H,40,41,45). The van der Waals surface area contributed by atoms with E-state index in [4.69, 9.17) is 16.3 Å². The molecule has 0 spiro atoms. The van der Waals surface area contributed by atoms with Gasteiger partial charge in [-0.05, 0) is 42.5 Å². The molecule has 10 nitrogen and oxygen atoms in total. The van der Waals surface area contributed by atoms with Gasteiger partial charge in [0.1, 0.15) is 11.6 Å². The molecule has 4 heterocycles. The molecule has 7 rings (SSSR count). The van der Waals surface area contributed by atoms with Crippen molar-refractivity contribution in [1.29, 1.82) is 0 Å². The number of methoxy groups -OCH3 is 1. The number of aryl methyl sites for hydroxylation is 1. The van der Waals surface area contributed by atoms with Crippen LogP contribution in [0.3, 0.4) is 0 Å². The summed E-state index contributed by atoms with van der Waals surface area (Å²) in [5.74, 6) is -3.84. The van der Waals surface area contributed by atoms with E-state index in [1.165, 1.54) is 19.4 Å². The van der Waals surface area contributed by atoms with Gasteiger partial charge in [-0.15, -0.1) is 0 Å². The summed E-state index contributed by atoms with van der Waals surface area (Å²) in [5, 5.41) is 7.11. The molecule has 2 aliphatic heterocycles. The number of carbonyl (C=O) groups is 1. The van der Waals surface area contributed by atoms with Crippen molar-refractivity contribution in [3.63, 3.8) is 0 Å². The largest absolute Gasteiger partial charge is 0.497 e. The van der Waals surface area contributed by atoms with Crippen LogP contribution in [0.2, 0.25) is 5.02 Å². The van der Waals surface area contributed by atoms with Crippen molar-refractivity contribution >= 4 is 39.9 Å². The van der Waals surface area contributed by atoms with Gasteiger partial charge in [-0.1, -0.05) is 36.2 Å². The van der Waals surface area contributed by atoms with Crippen LogP contribution in [-0.4, -0.2) is 32.1 Å². The van der Waals surface area contributed by atoms with Gasteiger partial charge in [-0.2, -0.15) is 4.98 Å². The number of halogens is 4. The van der Waals surface area contributed by atoms with Gasteiger partial charge in [0, 0.05) is 47.6 Å². The zero-order valence-electron chi connectivity index (χ0n) is 25.1. The van der Waals surface area contributed by atoms with Crippen molar-refractivity contribution in [2.24, 2.45) is 0 Å². The zero-order chi connectivity index (χ0) is 33.2. The smallest absolute Gasteiger partial charge is 0.359 e. The normalized spacial score (nSPS) is 13.8. The molecule has 0 fully saturated rings. The summed E-state index contributed by atoms with van der Waals surface area (Å²) < 4.78 is 50.2. The van der Waals surface area contributed by atoms with Gasteiger partial charge in [0.25, 0.3) is 0 Å². The third kappa shape index (κ3) is 6.43. The quantitative estimate of drug-likeness (QED) is 0.243. The Bertz CT molecular complexity index is 2150. The predicted molar refractivity (Wildman–Crippen MR) is 170 cm³/mol. The molecule has 0 atom stereocenters. The van der Waals surface area contributed by atoms with Gasteiger partial charge in [-0.3, -0.25) is 14.3 Å². The van der Waals surface area contributed by atoms with Crippen molar-refractivity contribution < 1.29 is 22.7 Å². The number of nitrogens with zero attached hydrogens (tertiary/aromatic N) is 4. The molecule has 47 heavy (non-hydrogen) atoms. The van der Waals surface area contributed by atoms with Gasteiger partial charge >= 0.3 is 11.4 Å². The molecule has 3 aromatic carbocycles. The molecule has 2 aromatic heterocycles. The summed E-state index contributed by atoms with van der Waals surface area (Å²) in [6, 6.07) is 9.54. The summed E-state index contributed by atoms with van der Waals surface area (Å²) in [7, 11) is 1.48. The SMILES string of the molecule is COc1cc(Cl)c2c(c1)CCCCCC(=O)NCc1cccc3cncc(c13)-n1c(=O)nc(n(Cc3cc(F)c(F)cc3F)c1=O)N2. The van der Waals surface area contributed by atoms with E-state index < -0.39 is 35.4 Å². The number of rotatable bonds is 3. The maximum atomic E-state index is 15.0. The predicted octanol–water partition coefficient (Wildman–Crippen LogP) is 5.55. The molecular formula is C33H28ClF3N6O4. The van der Waals surface area contributed by atoms with Crippen LogP contribution in [0.1, 0.15) is 42.4 Å². The number of benzene rings is 3. The highest BCUT2D eigenvalue weighted by Gasteiger charge is 2.22. The van der Waals surface area contributed by atoms with Gasteiger partial charge in [0.05, 0.1) is 36.2 Å². The van der Waals surface area contributed by atoms with Crippen LogP contribution in [0.15, 0.2) is 64.4 Å². The monoisotopic (exact) mass is 664 g/mol. The lowest BCUT2D eigenvalue weighted by Crippen LogP contribution is -2.42. The maximum absolute atomic E-state index is 15.0. The molecule has 0 saturated heterocycles. The second-order valence-corrected chi connectivity index (χ2v) is 11.5. The number of fused-ring (bicyclic) bond motifs is 9. The van der Waals surface area contributed by atoms with Crippen molar-refractivity contribution in [1.82, 2.24) is 24.4 Å². The minimum absolute atomic E-state index is 0.0604. The van der Waals surface area contributed by atoms with Crippen molar-refractivity contribution in [2.75, 3.05) is 12.4 Å². The zero-order valence-corrected chi connectivity index (χ0v) is 25.8. The van der Waals surface area contributed by atoms with Crippen LogP contribution in [0, 0.1) is 17.5 Å². The number of anilines is 2. The molecule has 0 unspecified atom stereocenters. The minimum Gasteiger partial charge on any atom is -0.497 e. The van der Waals surface area contributed by atoms with Gasteiger partial charge in [-0.25, -0.2) is 27.3 Å². The summed E-state index contributed by atoms with van der Waals surface area (Å²) >= 11 is 6.66. The number of pyridine rings is 1. The molecule has 0 aliphatic carbocycles. The second kappa shape index (κ2) is 13.3. The summed E-state index contributed by atoms with van der Waals surface area (Å²) in [4.78, 5) is 49.3. The third-order valence-electron chi connectivity index (χ3n) is 8.02. The maximum Gasteiger partial charge on any atom is 0.359 e. The Hall–Kier alpha value is -5.17. The molecule has 0 saturated carbocycles. The van der Waals surface area contributed by atoms with Crippen LogP contribution in [0.4, 0.5) is 24.8 Å². The highest BCUT2D eigenvalue weighted by molar-refractivity contribution is 6.33. The first-order chi connectivity index (χ1) is 22.6. The Morgan fingerprint density at radius 2 is 1.72 bits per heavy atom. The van der Waals surface area contributed by atoms with Gasteiger partial charge in [0.15, 0.2) is 11.6 Å². The fourth-order valence-electron chi connectivity index (χ4n) is 5.67. The Balaban J connectivity index is 1.63. The molecule has 2 bridgehead atoms. The molecule has 2 aliphatic rings. The van der Waals surface area contributed by atoms with Gasteiger partial charge in [0.2, 0.25) is 11.9 Å². The van der Waals surface area contributed by atoms with E-state index >= 15 is 0 Å². The van der Waals surface area contributed by atoms with Crippen molar-refractivity contribution in [2.45, 2.75) is 45.2 Å². The molecular weight excluding hydrogens is 637 g/mol. The van der Waals surface area contributed by atoms with E-state index in [0.29, 0.717) is 77.6 Å². The first-order valence-electron chi connectivity index (χ1n) is 14.8. The fraction of sp³-hybridized carbons (Fsp3) is 0.242. The van der Waals surface area contributed by atoms with E-state index in [0.717, 1.165) is 9.13 Å². The van der Waals surface area contributed by atoms with Crippen LogP contribution in [0.25, 0.3) is 16.5 Å². The van der Waals surface area contributed by atoms with E-state index in [1.807, 2.05) is 0 Å². The summed E-state index contributed by atoms with van der Waals surface area (Å²) in [5.41, 5.74) is -0.711. The van der Waals surface area contributed by atoms with Crippen molar-refractivity contribution in [3.8, 4) is 11.4 Å². The molecule has 2 N–H and O–H groups in total. The number of hydrogen-bond donors (Lipinski definition) is 2. The lowest BCUT2D eigenvalue weighted by Gasteiger charge is -2.20. The first-order valence-corrected chi connectivity index (χ1v) is 15.2. The first kappa shape index (κ1) is 31.8. The number of hydrogen-bond acceptors (Lipinski definition) is 7. The Kier molecular flexibility index (Phi) is 8.99. The van der Waals surface area contributed by atoms with E-state index in [9.17, 15) is 27.6 Å². The van der Waals surface area contributed by atoms with Crippen LogP contribution in [-0.2, 0) is 24.3 Å². The molecule has 5 aromatic rings. The molecule has 14 heteroatoms. The number of amides is 1. The fourth-order valence-corrected chi connectivity index (χ4v) is 5.94. The highest BCUT2D eigenvalue weighted by atomic mass is 35.5. The van der Waals surface area contributed by atoms with Gasteiger partial charge < -0.3 is 15.4 Å². The van der Waals surface area contributed by atoms with Crippen LogP contribution < -0.4 is 26.7 Å². The summed E-state index contributed by atoms with van der Waals surface area (Å²) in [6.45, 7) is -0.531.